The Bertz CT molecular complexity index is 318. The van der Waals surface area contributed by atoms with E-state index in [9.17, 15) is 0 Å². The molecule has 1 heterocycles. The molecule has 0 radical (unpaired) electrons. The summed E-state index contributed by atoms with van der Waals surface area (Å²) < 4.78 is 0. The molecule has 2 rings (SSSR count). The first-order chi connectivity index (χ1) is 6.87. The Morgan fingerprint density at radius 2 is 2.29 bits per heavy atom. The van der Waals surface area contributed by atoms with E-state index >= 15 is 0 Å². The van der Waals surface area contributed by atoms with E-state index in [1.165, 1.54) is 0 Å². The molecule has 2 nitrogen and oxygen atoms in total. The first kappa shape index (κ1) is 9.41. The average Bonchev–Trinajstić information content (AvgIpc) is 2.31. The largest absolute Gasteiger partial charge is 0.330 e. The lowest BCUT2D eigenvalue weighted by atomic mass is 9.74. The maximum absolute atomic E-state index is 5.90. The Balaban J connectivity index is 2.33. The van der Waals surface area contributed by atoms with E-state index in [4.69, 9.17) is 5.73 Å². The van der Waals surface area contributed by atoms with Gasteiger partial charge in [-0.3, -0.25) is 4.98 Å². The van der Waals surface area contributed by atoms with Gasteiger partial charge in [-0.25, -0.2) is 0 Å². The SMILES string of the molecule is NCC1(c2ccccn2)CC=CCC1. The van der Waals surface area contributed by atoms with E-state index in [0.29, 0.717) is 6.54 Å². The summed E-state index contributed by atoms with van der Waals surface area (Å²) in [6.45, 7) is 0.689. The molecule has 14 heavy (non-hydrogen) atoms. The molecule has 1 atom stereocenters. The number of hydrogen-bond donors (Lipinski definition) is 1. The van der Waals surface area contributed by atoms with Crippen molar-refractivity contribution in [1.29, 1.82) is 0 Å². The van der Waals surface area contributed by atoms with E-state index < -0.39 is 0 Å². The van der Waals surface area contributed by atoms with Crippen molar-refractivity contribution in [2.45, 2.75) is 24.7 Å². The summed E-state index contributed by atoms with van der Waals surface area (Å²) in [4.78, 5) is 4.43. The highest BCUT2D eigenvalue weighted by molar-refractivity contribution is 5.21. The van der Waals surface area contributed by atoms with Crippen LogP contribution >= 0.6 is 0 Å². The van der Waals surface area contributed by atoms with E-state index in [1.807, 2.05) is 18.3 Å². The molecule has 74 valence electrons. The van der Waals surface area contributed by atoms with Crippen LogP contribution in [0.25, 0.3) is 0 Å². The third-order valence-corrected chi connectivity index (χ3v) is 3.06. The molecule has 1 aliphatic carbocycles. The molecule has 0 saturated carbocycles. The highest BCUT2D eigenvalue weighted by atomic mass is 14.7. The number of aromatic nitrogens is 1. The van der Waals surface area contributed by atoms with Gasteiger partial charge in [-0.15, -0.1) is 0 Å². The predicted octanol–water partition coefficient (Wildman–Crippen LogP) is 2.02. The van der Waals surface area contributed by atoms with Gasteiger partial charge in [-0.05, 0) is 31.4 Å². The Morgan fingerprint density at radius 1 is 1.36 bits per heavy atom. The van der Waals surface area contributed by atoms with Crippen LogP contribution in [0.2, 0.25) is 0 Å². The number of hydrogen-bond acceptors (Lipinski definition) is 2. The molecule has 1 aromatic rings. The van der Waals surface area contributed by atoms with Gasteiger partial charge in [0, 0.05) is 23.9 Å². The van der Waals surface area contributed by atoms with Crippen LogP contribution in [0.15, 0.2) is 36.5 Å². The van der Waals surface area contributed by atoms with Crippen LogP contribution in [-0.4, -0.2) is 11.5 Å². The van der Waals surface area contributed by atoms with Crippen molar-refractivity contribution < 1.29 is 0 Å². The van der Waals surface area contributed by atoms with E-state index in [2.05, 4.69) is 23.2 Å². The van der Waals surface area contributed by atoms with Gasteiger partial charge in [0.1, 0.15) is 0 Å². The number of nitrogens with two attached hydrogens (primary N) is 1. The molecule has 0 bridgehead atoms. The Morgan fingerprint density at radius 3 is 2.86 bits per heavy atom. The summed E-state index contributed by atoms with van der Waals surface area (Å²) in [5.74, 6) is 0. The van der Waals surface area contributed by atoms with Gasteiger partial charge < -0.3 is 5.73 Å². The van der Waals surface area contributed by atoms with Crippen LogP contribution in [0.5, 0.6) is 0 Å². The van der Waals surface area contributed by atoms with Gasteiger partial charge >= 0.3 is 0 Å². The normalized spacial score (nSPS) is 26.4. The highest BCUT2D eigenvalue weighted by Crippen LogP contribution is 2.34. The van der Waals surface area contributed by atoms with Gasteiger partial charge in [0.15, 0.2) is 0 Å². The number of allylic oxidation sites excluding steroid dienone is 2. The first-order valence-electron chi connectivity index (χ1n) is 5.14. The summed E-state index contributed by atoms with van der Waals surface area (Å²) >= 11 is 0. The minimum atomic E-state index is 0.0933. The second-order valence-corrected chi connectivity index (χ2v) is 3.91. The molecule has 0 fully saturated rings. The first-order valence-corrected chi connectivity index (χ1v) is 5.14. The third-order valence-electron chi connectivity index (χ3n) is 3.06. The minimum Gasteiger partial charge on any atom is -0.330 e. The molecular weight excluding hydrogens is 172 g/mol. The fourth-order valence-electron chi connectivity index (χ4n) is 2.09. The van der Waals surface area contributed by atoms with Crippen molar-refractivity contribution >= 4 is 0 Å². The van der Waals surface area contributed by atoms with Crippen LogP contribution in [0.3, 0.4) is 0 Å². The minimum absolute atomic E-state index is 0.0933. The van der Waals surface area contributed by atoms with E-state index in [1.54, 1.807) is 0 Å². The second-order valence-electron chi connectivity index (χ2n) is 3.91. The van der Waals surface area contributed by atoms with Crippen LogP contribution in [-0.2, 0) is 5.41 Å². The molecule has 1 unspecified atom stereocenters. The molecule has 0 saturated heterocycles. The van der Waals surface area contributed by atoms with Crippen molar-refractivity contribution in [2.75, 3.05) is 6.54 Å². The summed E-state index contributed by atoms with van der Waals surface area (Å²) in [7, 11) is 0. The maximum Gasteiger partial charge on any atom is 0.0481 e. The fraction of sp³-hybridized carbons (Fsp3) is 0.417. The standard InChI is InChI=1S/C12H16N2/c13-10-12(7-3-1-4-8-12)11-6-2-5-9-14-11/h1-3,5-6,9H,4,7-8,10,13H2. The summed E-state index contributed by atoms with van der Waals surface area (Å²) in [5, 5.41) is 0. The molecule has 0 aromatic carbocycles. The fourth-order valence-corrected chi connectivity index (χ4v) is 2.09. The molecule has 2 heteroatoms. The molecule has 0 amide bonds. The van der Waals surface area contributed by atoms with Gasteiger partial charge in [-0.1, -0.05) is 18.2 Å². The van der Waals surface area contributed by atoms with E-state index in [0.717, 1.165) is 25.0 Å². The van der Waals surface area contributed by atoms with Gasteiger partial charge in [0.2, 0.25) is 0 Å². The quantitative estimate of drug-likeness (QED) is 0.721. The van der Waals surface area contributed by atoms with Crippen molar-refractivity contribution in [2.24, 2.45) is 5.73 Å². The monoisotopic (exact) mass is 188 g/mol. The lowest BCUT2D eigenvalue weighted by Gasteiger charge is -2.32. The van der Waals surface area contributed by atoms with Crippen LogP contribution in [0.4, 0.5) is 0 Å². The number of pyridine rings is 1. The lowest BCUT2D eigenvalue weighted by Crippen LogP contribution is -2.36. The van der Waals surface area contributed by atoms with Crippen molar-refractivity contribution in [3.05, 3.63) is 42.2 Å². The van der Waals surface area contributed by atoms with Crippen LogP contribution < -0.4 is 5.73 Å². The van der Waals surface area contributed by atoms with Gasteiger partial charge in [0.05, 0.1) is 0 Å². The maximum atomic E-state index is 5.90. The van der Waals surface area contributed by atoms with Gasteiger partial charge in [-0.2, -0.15) is 0 Å². The number of rotatable bonds is 2. The lowest BCUT2D eigenvalue weighted by molar-refractivity contribution is 0.387. The molecular formula is C12H16N2. The molecule has 1 aromatic heterocycles. The summed E-state index contributed by atoms with van der Waals surface area (Å²) in [6.07, 6.45) is 9.58. The topological polar surface area (TPSA) is 38.9 Å². The number of nitrogens with zero attached hydrogens (tertiary/aromatic N) is 1. The zero-order chi connectivity index (χ0) is 9.86. The molecule has 2 N–H and O–H groups in total. The molecule has 0 aliphatic heterocycles. The van der Waals surface area contributed by atoms with Crippen molar-refractivity contribution in [3.63, 3.8) is 0 Å². The average molecular weight is 188 g/mol. The summed E-state index contributed by atoms with van der Waals surface area (Å²) in [6, 6.07) is 6.08. The summed E-state index contributed by atoms with van der Waals surface area (Å²) in [5.41, 5.74) is 7.13. The zero-order valence-corrected chi connectivity index (χ0v) is 8.32. The van der Waals surface area contributed by atoms with Crippen molar-refractivity contribution in [1.82, 2.24) is 4.98 Å². The van der Waals surface area contributed by atoms with Crippen molar-refractivity contribution in [3.8, 4) is 0 Å². The van der Waals surface area contributed by atoms with E-state index in [-0.39, 0.29) is 5.41 Å². The Labute approximate surface area is 84.9 Å². The smallest absolute Gasteiger partial charge is 0.0481 e. The van der Waals surface area contributed by atoms with Crippen LogP contribution in [0, 0.1) is 0 Å². The second kappa shape index (κ2) is 3.93. The molecule has 1 aliphatic rings. The zero-order valence-electron chi connectivity index (χ0n) is 8.32. The Hall–Kier alpha value is -1.15. The Kier molecular flexibility index (Phi) is 2.64. The van der Waals surface area contributed by atoms with Crippen LogP contribution in [0.1, 0.15) is 25.0 Å². The highest BCUT2D eigenvalue weighted by Gasteiger charge is 2.31. The molecule has 0 spiro atoms. The van der Waals surface area contributed by atoms with Gasteiger partial charge in [0.25, 0.3) is 0 Å². The third kappa shape index (κ3) is 1.58. The predicted molar refractivity (Wildman–Crippen MR) is 58.0 cm³/mol.